The average Bonchev–Trinajstić information content (AvgIpc) is 3.20. The molecule has 0 radical (unpaired) electrons. The number of nitrogens with two attached hydrogens (primary N) is 1. The maximum absolute atomic E-state index is 13.6. The Labute approximate surface area is 160 Å². The molecule has 0 saturated heterocycles. The van der Waals surface area contributed by atoms with Crippen LogP contribution in [0.4, 0.5) is 13.2 Å². The van der Waals surface area contributed by atoms with Gasteiger partial charge >= 0.3 is 6.18 Å². The van der Waals surface area contributed by atoms with E-state index in [2.05, 4.69) is 15.2 Å². The molecule has 0 atom stereocenters. The van der Waals surface area contributed by atoms with Crippen LogP contribution in [0.5, 0.6) is 0 Å². The van der Waals surface area contributed by atoms with Crippen LogP contribution in [0.2, 0.25) is 0 Å². The van der Waals surface area contributed by atoms with E-state index in [0.717, 1.165) is 16.4 Å². The van der Waals surface area contributed by atoms with Crippen LogP contribution in [0.1, 0.15) is 32.0 Å². The molecule has 0 saturated carbocycles. The smallest absolute Gasteiger partial charge is 0.333 e. The van der Waals surface area contributed by atoms with E-state index in [1.165, 1.54) is 0 Å². The Kier molecular flexibility index (Phi) is 5.67. The molecule has 146 valence electrons. The molecule has 3 rings (SSSR count). The van der Waals surface area contributed by atoms with Crippen molar-refractivity contribution in [3.05, 3.63) is 41.7 Å². The summed E-state index contributed by atoms with van der Waals surface area (Å²) in [5.74, 6) is -0.0362. The van der Waals surface area contributed by atoms with Crippen LogP contribution in [-0.2, 0) is 18.3 Å². The molecule has 0 fully saturated rings. The van der Waals surface area contributed by atoms with Crippen molar-refractivity contribution in [2.75, 3.05) is 0 Å². The third-order valence-electron chi connectivity index (χ3n) is 3.78. The van der Waals surface area contributed by atoms with Crippen LogP contribution in [0.3, 0.4) is 0 Å². The van der Waals surface area contributed by atoms with Gasteiger partial charge in [0, 0.05) is 12.1 Å². The fraction of sp³-hybridized carbons (Fsp3) is 0.353. The number of aromatic nitrogens is 4. The third-order valence-corrected chi connectivity index (χ3v) is 3.78. The maximum Gasteiger partial charge on any atom is 0.433 e. The summed E-state index contributed by atoms with van der Waals surface area (Å²) in [5, 5.41) is 7.68. The zero-order chi connectivity index (χ0) is 19.1. The van der Waals surface area contributed by atoms with E-state index in [0.29, 0.717) is 12.1 Å². The molecule has 2 heterocycles. The number of halogens is 4. The lowest BCUT2D eigenvalue weighted by atomic mass is 10.1. The normalized spacial score (nSPS) is 12.1. The van der Waals surface area contributed by atoms with Gasteiger partial charge in [0.15, 0.2) is 5.69 Å². The van der Waals surface area contributed by atoms with E-state index < -0.39 is 17.4 Å². The highest BCUT2D eigenvalue weighted by Crippen LogP contribution is 2.39. The Morgan fingerprint density at radius 3 is 2.26 bits per heavy atom. The second kappa shape index (κ2) is 7.32. The predicted octanol–water partition coefficient (Wildman–Crippen LogP) is 4.25. The highest BCUT2D eigenvalue weighted by atomic mass is 35.5. The van der Waals surface area contributed by atoms with Crippen molar-refractivity contribution in [3.63, 3.8) is 0 Å². The van der Waals surface area contributed by atoms with Gasteiger partial charge in [-0.1, -0.05) is 29.4 Å². The monoisotopic (exact) mass is 401 g/mol. The van der Waals surface area contributed by atoms with E-state index in [4.69, 9.17) is 10.3 Å². The minimum atomic E-state index is -4.61. The lowest BCUT2D eigenvalue weighted by Crippen LogP contribution is -2.29. The van der Waals surface area contributed by atoms with Gasteiger partial charge in [0.2, 0.25) is 5.82 Å². The van der Waals surface area contributed by atoms with Gasteiger partial charge in [0.05, 0.1) is 17.3 Å². The van der Waals surface area contributed by atoms with Crippen molar-refractivity contribution in [2.45, 2.75) is 39.0 Å². The summed E-state index contributed by atoms with van der Waals surface area (Å²) in [6.07, 6.45) is -3.51. The predicted molar refractivity (Wildman–Crippen MR) is 96.1 cm³/mol. The molecule has 0 bridgehead atoms. The average molecular weight is 402 g/mol. The molecular weight excluding hydrogens is 383 g/mol. The summed E-state index contributed by atoms with van der Waals surface area (Å²) in [7, 11) is 0. The number of hydrogen-bond donors (Lipinski definition) is 1. The molecule has 0 amide bonds. The summed E-state index contributed by atoms with van der Waals surface area (Å²) in [4.78, 5) is 4.11. The first-order chi connectivity index (χ1) is 12.1. The summed E-state index contributed by atoms with van der Waals surface area (Å²) >= 11 is 0. The largest absolute Gasteiger partial charge is 0.433 e. The van der Waals surface area contributed by atoms with Gasteiger partial charge < -0.3 is 10.3 Å². The number of benzene rings is 1. The Balaban J connectivity index is 0.00000261. The summed E-state index contributed by atoms with van der Waals surface area (Å²) < 4.78 is 46.8. The minimum Gasteiger partial charge on any atom is -0.333 e. The first kappa shape index (κ1) is 20.9. The standard InChI is InChI=1S/C17H18F3N5O.ClH/c1-16(2,3)25-13(17(18,19)20)12(9-22-25)15-23-14(24-26-15)11-6-4-10(8-21)5-7-11;/h4-7,9H,8,21H2,1-3H3;1H. The Hall–Kier alpha value is -2.39. The molecule has 0 aliphatic carbocycles. The van der Waals surface area contributed by atoms with Crippen LogP contribution >= 0.6 is 12.4 Å². The van der Waals surface area contributed by atoms with Crippen LogP contribution in [0.25, 0.3) is 22.8 Å². The number of rotatable bonds is 3. The van der Waals surface area contributed by atoms with Gasteiger partial charge in [-0.3, -0.25) is 4.68 Å². The molecular formula is C17H19ClF3N5O. The molecule has 27 heavy (non-hydrogen) atoms. The van der Waals surface area contributed by atoms with Crippen LogP contribution in [0.15, 0.2) is 35.0 Å². The second-order valence-electron chi connectivity index (χ2n) is 6.81. The first-order valence-corrected chi connectivity index (χ1v) is 7.90. The van der Waals surface area contributed by atoms with Crippen LogP contribution < -0.4 is 5.73 Å². The molecule has 1 aromatic carbocycles. The lowest BCUT2D eigenvalue weighted by Gasteiger charge is -2.23. The zero-order valence-corrected chi connectivity index (χ0v) is 15.7. The van der Waals surface area contributed by atoms with Crippen molar-refractivity contribution in [2.24, 2.45) is 5.73 Å². The Morgan fingerprint density at radius 2 is 1.74 bits per heavy atom. The molecule has 2 N–H and O–H groups in total. The van der Waals surface area contributed by atoms with E-state index >= 15 is 0 Å². The van der Waals surface area contributed by atoms with E-state index in [-0.39, 0.29) is 29.7 Å². The quantitative estimate of drug-likeness (QED) is 0.709. The summed E-state index contributed by atoms with van der Waals surface area (Å²) in [6, 6.07) is 7.06. The molecule has 0 aliphatic rings. The van der Waals surface area contributed by atoms with Crippen molar-refractivity contribution in [1.29, 1.82) is 0 Å². The lowest BCUT2D eigenvalue weighted by molar-refractivity contribution is -0.145. The highest BCUT2D eigenvalue weighted by molar-refractivity contribution is 5.85. The first-order valence-electron chi connectivity index (χ1n) is 7.90. The molecule has 3 aromatic rings. The highest BCUT2D eigenvalue weighted by Gasteiger charge is 2.42. The summed E-state index contributed by atoms with van der Waals surface area (Å²) in [6.45, 7) is 5.30. The van der Waals surface area contributed by atoms with Crippen LogP contribution in [-0.4, -0.2) is 19.9 Å². The fourth-order valence-electron chi connectivity index (χ4n) is 2.53. The summed E-state index contributed by atoms with van der Waals surface area (Å²) in [5.41, 5.74) is 5.07. The van der Waals surface area contributed by atoms with E-state index in [9.17, 15) is 13.2 Å². The van der Waals surface area contributed by atoms with Gasteiger partial charge in [0.25, 0.3) is 5.89 Å². The van der Waals surface area contributed by atoms with Crippen molar-refractivity contribution in [3.8, 4) is 22.8 Å². The molecule has 6 nitrogen and oxygen atoms in total. The Bertz CT molecular complexity index is 910. The fourth-order valence-corrected chi connectivity index (χ4v) is 2.53. The van der Waals surface area contributed by atoms with Gasteiger partial charge in [-0.05, 0) is 26.3 Å². The molecule has 0 spiro atoms. The number of alkyl halides is 3. The Morgan fingerprint density at radius 1 is 1.11 bits per heavy atom. The topological polar surface area (TPSA) is 82.8 Å². The number of hydrogen-bond acceptors (Lipinski definition) is 5. The van der Waals surface area contributed by atoms with Gasteiger partial charge in [-0.2, -0.15) is 23.3 Å². The van der Waals surface area contributed by atoms with Gasteiger partial charge in [-0.15, -0.1) is 12.4 Å². The van der Waals surface area contributed by atoms with Crippen molar-refractivity contribution in [1.82, 2.24) is 19.9 Å². The van der Waals surface area contributed by atoms with Gasteiger partial charge in [-0.25, -0.2) is 0 Å². The van der Waals surface area contributed by atoms with Gasteiger partial charge in [0.1, 0.15) is 0 Å². The third kappa shape index (κ3) is 4.14. The second-order valence-corrected chi connectivity index (χ2v) is 6.81. The zero-order valence-electron chi connectivity index (χ0n) is 14.9. The molecule has 0 unspecified atom stereocenters. The minimum absolute atomic E-state index is 0. The van der Waals surface area contributed by atoms with Crippen LogP contribution in [0, 0.1) is 0 Å². The maximum atomic E-state index is 13.6. The molecule has 0 aliphatic heterocycles. The SMILES string of the molecule is CC(C)(C)n1ncc(-c2nc(-c3ccc(CN)cc3)no2)c1C(F)(F)F.Cl. The van der Waals surface area contributed by atoms with Crippen molar-refractivity contribution >= 4 is 12.4 Å². The van der Waals surface area contributed by atoms with E-state index in [1.807, 2.05) is 0 Å². The number of nitrogens with zero attached hydrogens (tertiary/aromatic N) is 4. The van der Waals surface area contributed by atoms with E-state index in [1.54, 1.807) is 45.0 Å². The molecule has 10 heteroatoms. The molecule has 2 aromatic heterocycles. The van der Waals surface area contributed by atoms with Crippen molar-refractivity contribution < 1.29 is 17.7 Å².